The summed E-state index contributed by atoms with van der Waals surface area (Å²) in [7, 11) is 0. The number of rotatable bonds is 2. The van der Waals surface area contributed by atoms with Crippen LogP contribution in [0.1, 0.15) is 17.6 Å². The van der Waals surface area contributed by atoms with Crippen molar-refractivity contribution in [1.29, 1.82) is 0 Å². The first kappa shape index (κ1) is 10.3. The predicted molar refractivity (Wildman–Crippen MR) is 54.5 cm³/mol. The molecule has 0 radical (unpaired) electrons. The fraction of sp³-hybridized carbons (Fsp3) is 0.286. The van der Waals surface area contributed by atoms with Crippen LogP contribution in [0.2, 0.25) is 0 Å². The van der Waals surface area contributed by atoms with E-state index in [0.29, 0.717) is 5.33 Å². The minimum absolute atomic E-state index is 0.0233. The monoisotopic (exact) mass is 347 g/mol. The van der Waals surface area contributed by atoms with Crippen LogP contribution in [0.4, 0.5) is 8.78 Å². The van der Waals surface area contributed by atoms with Crippen molar-refractivity contribution in [3.8, 4) is 0 Å². The molecule has 0 aliphatic rings. The van der Waals surface area contributed by atoms with E-state index in [1.165, 1.54) is 12.3 Å². The molecule has 5 heteroatoms. The van der Waals surface area contributed by atoms with Gasteiger partial charge < -0.3 is 0 Å². The third kappa shape index (κ3) is 2.35. The zero-order valence-electron chi connectivity index (χ0n) is 5.90. The zero-order chi connectivity index (χ0) is 9.14. The molecule has 1 rings (SSSR count). The molecule has 0 atom stereocenters. The van der Waals surface area contributed by atoms with Gasteiger partial charge in [-0.05, 0) is 34.2 Å². The Morgan fingerprint density at radius 3 is 2.75 bits per heavy atom. The van der Waals surface area contributed by atoms with Gasteiger partial charge in [0.15, 0.2) is 0 Å². The standard InChI is InChI=1S/C7H5BrF2IN/c8-2-4-1-5(6(9)10)3-12-7(4)11/h1,3,6H,2H2. The van der Waals surface area contributed by atoms with Gasteiger partial charge in [-0.1, -0.05) is 15.9 Å². The summed E-state index contributed by atoms with van der Waals surface area (Å²) in [4.78, 5) is 3.85. The molecule has 0 bridgehead atoms. The molecule has 0 fully saturated rings. The van der Waals surface area contributed by atoms with Crippen molar-refractivity contribution in [2.75, 3.05) is 0 Å². The van der Waals surface area contributed by atoms with Crippen molar-refractivity contribution in [2.45, 2.75) is 11.8 Å². The van der Waals surface area contributed by atoms with E-state index in [9.17, 15) is 8.78 Å². The second kappa shape index (κ2) is 4.45. The molecular weight excluding hydrogens is 343 g/mol. The van der Waals surface area contributed by atoms with Crippen LogP contribution in [0, 0.1) is 3.70 Å². The Kier molecular flexibility index (Phi) is 3.82. The Balaban J connectivity index is 3.05. The average Bonchev–Trinajstić information content (AvgIpc) is 2.05. The molecule has 1 nitrogen and oxygen atoms in total. The molecule has 0 aliphatic heterocycles. The quantitative estimate of drug-likeness (QED) is 0.453. The number of halogens is 4. The largest absolute Gasteiger partial charge is 0.265 e. The molecule has 0 amide bonds. The topological polar surface area (TPSA) is 12.9 Å². The number of nitrogens with zero attached hydrogens (tertiary/aromatic N) is 1. The van der Waals surface area contributed by atoms with E-state index in [1.54, 1.807) is 0 Å². The first-order valence-corrected chi connectivity index (χ1v) is 5.33. The summed E-state index contributed by atoms with van der Waals surface area (Å²) in [6.45, 7) is 0. The summed E-state index contributed by atoms with van der Waals surface area (Å²) < 4.78 is 25.1. The third-order valence-corrected chi connectivity index (χ3v) is 2.90. The van der Waals surface area contributed by atoms with E-state index in [0.717, 1.165) is 9.26 Å². The maximum atomic E-state index is 12.2. The van der Waals surface area contributed by atoms with Crippen molar-refractivity contribution >= 4 is 38.5 Å². The van der Waals surface area contributed by atoms with Crippen LogP contribution in [0.5, 0.6) is 0 Å². The Morgan fingerprint density at radius 2 is 2.25 bits per heavy atom. The Morgan fingerprint density at radius 1 is 1.58 bits per heavy atom. The van der Waals surface area contributed by atoms with E-state index in [4.69, 9.17) is 0 Å². The molecule has 12 heavy (non-hydrogen) atoms. The van der Waals surface area contributed by atoms with Crippen molar-refractivity contribution in [2.24, 2.45) is 0 Å². The summed E-state index contributed by atoms with van der Waals surface area (Å²) in [5, 5.41) is 0.554. The minimum Gasteiger partial charge on any atom is -0.250 e. The molecule has 0 saturated heterocycles. The van der Waals surface area contributed by atoms with Crippen LogP contribution in [-0.4, -0.2) is 4.98 Å². The molecule has 0 aliphatic carbocycles. The van der Waals surface area contributed by atoms with E-state index in [2.05, 4.69) is 20.9 Å². The molecule has 0 unspecified atom stereocenters. The van der Waals surface area contributed by atoms with Crippen molar-refractivity contribution < 1.29 is 8.78 Å². The number of pyridine rings is 1. The summed E-state index contributed by atoms with van der Waals surface area (Å²) >= 11 is 5.22. The summed E-state index contributed by atoms with van der Waals surface area (Å²) in [6, 6.07) is 1.47. The Labute approximate surface area is 90.8 Å². The maximum absolute atomic E-state index is 12.2. The lowest BCUT2D eigenvalue weighted by Gasteiger charge is -2.02. The van der Waals surface area contributed by atoms with Crippen molar-refractivity contribution in [3.63, 3.8) is 0 Å². The van der Waals surface area contributed by atoms with Crippen LogP contribution in [-0.2, 0) is 5.33 Å². The van der Waals surface area contributed by atoms with Crippen LogP contribution >= 0.6 is 38.5 Å². The van der Waals surface area contributed by atoms with Gasteiger partial charge in [0.25, 0.3) is 6.43 Å². The first-order valence-electron chi connectivity index (χ1n) is 3.13. The highest BCUT2D eigenvalue weighted by atomic mass is 127. The van der Waals surface area contributed by atoms with Crippen molar-refractivity contribution in [1.82, 2.24) is 4.98 Å². The smallest absolute Gasteiger partial charge is 0.250 e. The first-order chi connectivity index (χ1) is 5.65. The number of hydrogen-bond acceptors (Lipinski definition) is 1. The van der Waals surface area contributed by atoms with Gasteiger partial charge >= 0.3 is 0 Å². The second-order valence-corrected chi connectivity index (χ2v) is 3.74. The Bertz CT molecular complexity index is 280. The predicted octanol–water partition coefficient (Wildman–Crippen LogP) is 3.52. The van der Waals surface area contributed by atoms with Gasteiger partial charge in [-0.3, -0.25) is 0 Å². The SMILES string of the molecule is FC(F)c1cnc(I)c(CBr)c1. The fourth-order valence-corrected chi connectivity index (χ4v) is 2.16. The van der Waals surface area contributed by atoms with Gasteiger partial charge in [0.1, 0.15) is 3.70 Å². The van der Waals surface area contributed by atoms with E-state index >= 15 is 0 Å². The van der Waals surface area contributed by atoms with Crippen LogP contribution < -0.4 is 0 Å². The van der Waals surface area contributed by atoms with E-state index in [-0.39, 0.29) is 5.56 Å². The maximum Gasteiger partial charge on any atom is 0.265 e. The van der Waals surface area contributed by atoms with Gasteiger partial charge in [-0.2, -0.15) is 0 Å². The van der Waals surface area contributed by atoms with Crippen molar-refractivity contribution in [3.05, 3.63) is 27.1 Å². The van der Waals surface area contributed by atoms with Gasteiger partial charge in [0.2, 0.25) is 0 Å². The summed E-state index contributed by atoms with van der Waals surface area (Å²) in [6.07, 6.45) is -1.23. The van der Waals surface area contributed by atoms with Gasteiger partial charge in [-0.25, -0.2) is 13.8 Å². The number of alkyl halides is 3. The molecule has 0 aromatic carbocycles. The minimum atomic E-state index is -2.44. The lowest BCUT2D eigenvalue weighted by molar-refractivity contribution is 0.151. The fourth-order valence-electron chi connectivity index (χ4n) is 0.725. The van der Waals surface area contributed by atoms with Gasteiger partial charge in [0, 0.05) is 17.1 Å². The summed E-state index contributed by atoms with van der Waals surface area (Å²) in [5.74, 6) is 0. The van der Waals surface area contributed by atoms with Crippen LogP contribution in [0.3, 0.4) is 0 Å². The third-order valence-electron chi connectivity index (χ3n) is 1.33. The van der Waals surface area contributed by atoms with Crippen LogP contribution in [0.25, 0.3) is 0 Å². The molecule has 1 heterocycles. The summed E-state index contributed by atoms with van der Waals surface area (Å²) in [5.41, 5.74) is 0.776. The van der Waals surface area contributed by atoms with Crippen LogP contribution in [0.15, 0.2) is 12.3 Å². The highest BCUT2D eigenvalue weighted by Gasteiger charge is 2.09. The van der Waals surface area contributed by atoms with Gasteiger partial charge in [-0.15, -0.1) is 0 Å². The van der Waals surface area contributed by atoms with E-state index < -0.39 is 6.43 Å². The molecule has 1 aromatic heterocycles. The highest BCUT2D eigenvalue weighted by molar-refractivity contribution is 14.1. The molecule has 66 valence electrons. The normalized spacial score (nSPS) is 10.8. The zero-order valence-corrected chi connectivity index (χ0v) is 9.64. The lowest BCUT2D eigenvalue weighted by Crippen LogP contribution is -1.93. The molecular formula is C7H5BrF2IN. The average molecular weight is 348 g/mol. The molecule has 0 saturated carbocycles. The molecule has 1 aromatic rings. The van der Waals surface area contributed by atoms with E-state index in [1.807, 2.05) is 22.6 Å². The van der Waals surface area contributed by atoms with Gasteiger partial charge in [0.05, 0.1) is 0 Å². The molecule has 0 N–H and O–H groups in total. The molecule has 0 spiro atoms. The Hall–Kier alpha value is 0.220. The second-order valence-electron chi connectivity index (χ2n) is 2.15. The highest BCUT2D eigenvalue weighted by Crippen LogP contribution is 2.22. The number of hydrogen-bond donors (Lipinski definition) is 0. The lowest BCUT2D eigenvalue weighted by atomic mass is 10.2. The number of aromatic nitrogens is 1.